The van der Waals surface area contributed by atoms with Crippen LogP contribution in [0.3, 0.4) is 0 Å². The van der Waals surface area contributed by atoms with Crippen molar-refractivity contribution < 1.29 is 14.2 Å². The van der Waals surface area contributed by atoms with Gasteiger partial charge in [0.1, 0.15) is 11.6 Å². The van der Waals surface area contributed by atoms with Gasteiger partial charge in [-0.2, -0.15) is 0 Å². The maximum atomic E-state index is 12.9. The SMILES string of the molecule is COc1ccc(F)cc1[C@H](N)CCO. The molecule has 3 nitrogen and oxygen atoms in total. The Bertz CT molecular complexity index is 304. The van der Waals surface area contributed by atoms with Crippen molar-refractivity contribution in [2.24, 2.45) is 5.73 Å². The zero-order valence-electron chi connectivity index (χ0n) is 8.03. The lowest BCUT2D eigenvalue weighted by Gasteiger charge is -2.14. The minimum Gasteiger partial charge on any atom is -0.496 e. The molecule has 0 saturated carbocycles. The normalized spacial score (nSPS) is 12.6. The molecule has 1 rings (SSSR count). The number of benzene rings is 1. The zero-order chi connectivity index (χ0) is 10.6. The van der Waals surface area contributed by atoms with Crippen molar-refractivity contribution in [2.45, 2.75) is 12.5 Å². The second-order valence-corrected chi connectivity index (χ2v) is 3.01. The number of hydrogen-bond acceptors (Lipinski definition) is 3. The lowest BCUT2D eigenvalue weighted by molar-refractivity contribution is 0.275. The van der Waals surface area contributed by atoms with Crippen molar-refractivity contribution in [1.82, 2.24) is 0 Å². The molecule has 1 atom stereocenters. The van der Waals surface area contributed by atoms with Gasteiger partial charge in [0.2, 0.25) is 0 Å². The van der Waals surface area contributed by atoms with Crippen LogP contribution in [0.15, 0.2) is 18.2 Å². The largest absolute Gasteiger partial charge is 0.496 e. The van der Waals surface area contributed by atoms with Gasteiger partial charge in [0.05, 0.1) is 7.11 Å². The van der Waals surface area contributed by atoms with E-state index in [1.54, 1.807) is 0 Å². The van der Waals surface area contributed by atoms with Crippen molar-refractivity contribution in [2.75, 3.05) is 13.7 Å². The Kier molecular flexibility index (Phi) is 3.85. The fraction of sp³-hybridized carbons (Fsp3) is 0.400. The van der Waals surface area contributed by atoms with Crippen LogP contribution in [0.2, 0.25) is 0 Å². The topological polar surface area (TPSA) is 55.5 Å². The summed E-state index contributed by atoms with van der Waals surface area (Å²) < 4.78 is 18.0. The van der Waals surface area contributed by atoms with Crippen LogP contribution in [0.1, 0.15) is 18.0 Å². The molecular formula is C10H14FNO2. The first-order chi connectivity index (χ1) is 6.69. The molecule has 0 amide bonds. The molecule has 0 fully saturated rings. The number of rotatable bonds is 4. The predicted molar refractivity (Wildman–Crippen MR) is 51.6 cm³/mol. The molecular weight excluding hydrogens is 185 g/mol. The van der Waals surface area contributed by atoms with Crippen molar-refractivity contribution in [3.63, 3.8) is 0 Å². The van der Waals surface area contributed by atoms with Crippen LogP contribution < -0.4 is 10.5 Å². The Hall–Kier alpha value is -1.13. The van der Waals surface area contributed by atoms with Crippen LogP contribution in [0.25, 0.3) is 0 Å². The van der Waals surface area contributed by atoms with Crippen molar-refractivity contribution in [3.05, 3.63) is 29.6 Å². The maximum Gasteiger partial charge on any atom is 0.123 e. The standard InChI is InChI=1S/C10H14FNO2/c1-14-10-3-2-7(11)6-8(10)9(12)4-5-13/h2-3,6,9,13H,4-5,12H2,1H3/t9-/m1/s1. The number of nitrogens with two attached hydrogens (primary N) is 1. The highest BCUT2D eigenvalue weighted by Crippen LogP contribution is 2.26. The molecule has 0 heterocycles. The Balaban J connectivity index is 2.97. The molecule has 3 N–H and O–H groups in total. The average molecular weight is 199 g/mol. The lowest BCUT2D eigenvalue weighted by atomic mass is 10.0. The smallest absolute Gasteiger partial charge is 0.123 e. The van der Waals surface area contributed by atoms with Crippen molar-refractivity contribution in [1.29, 1.82) is 0 Å². The summed E-state index contributed by atoms with van der Waals surface area (Å²) in [5.41, 5.74) is 6.33. The van der Waals surface area contributed by atoms with Crippen LogP contribution in [0, 0.1) is 5.82 Å². The summed E-state index contributed by atoms with van der Waals surface area (Å²) in [6.07, 6.45) is 0.389. The number of aliphatic hydroxyl groups excluding tert-OH is 1. The van der Waals surface area contributed by atoms with E-state index < -0.39 is 6.04 Å². The first kappa shape index (κ1) is 10.9. The third-order valence-corrected chi connectivity index (χ3v) is 2.03. The number of hydrogen-bond donors (Lipinski definition) is 2. The molecule has 1 aromatic rings. The molecule has 1 aromatic carbocycles. The number of methoxy groups -OCH3 is 1. The summed E-state index contributed by atoms with van der Waals surface area (Å²) in [5.74, 6) is 0.196. The lowest BCUT2D eigenvalue weighted by Crippen LogP contribution is -2.13. The van der Waals surface area contributed by atoms with E-state index in [0.29, 0.717) is 17.7 Å². The zero-order valence-corrected chi connectivity index (χ0v) is 8.03. The van der Waals surface area contributed by atoms with Crippen LogP contribution in [-0.4, -0.2) is 18.8 Å². The predicted octanol–water partition coefficient (Wildman–Crippen LogP) is 1.22. The van der Waals surface area contributed by atoms with E-state index in [1.165, 1.54) is 25.3 Å². The molecule has 0 saturated heterocycles. The molecule has 0 aliphatic heterocycles. The Morgan fingerprint density at radius 2 is 2.29 bits per heavy atom. The summed E-state index contributed by atoms with van der Waals surface area (Å²) in [5, 5.41) is 8.72. The molecule has 4 heteroatoms. The minimum absolute atomic E-state index is 0.0270. The highest BCUT2D eigenvalue weighted by Gasteiger charge is 2.12. The summed E-state index contributed by atoms with van der Waals surface area (Å²) >= 11 is 0. The van der Waals surface area contributed by atoms with Crippen LogP contribution in [0.5, 0.6) is 5.75 Å². The monoisotopic (exact) mass is 199 g/mol. The summed E-state index contributed by atoms with van der Waals surface area (Å²) in [6.45, 7) is -0.0270. The quantitative estimate of drug-likeness (QED) is 0.766. The molecule has 0 bridgehead atoms. The van der Waals surface area contributed by atoms with Gasteiger partial charge in [0.15, 0.2) is 0 Å². The molecule has 0 aliphatic carbocycles. The van der Waals surface area contributed by atoms with E-state index in [2.05, 4.69) is 0 Å². The fourth-order valence-electron chi connectivity index (χ4n) is 1.29. The number of aliphatic hydroxyl groups is 1. The maximum absolute atomic E-state index is 12.9. The van der Waals surface area contributed by atoms with Gasteiger partial charge in [0.25, 0.3) is 0 Å². The van der Waals surface area contributed by atoms with E-state index in [-0.39, 0.29) is 12.4 Å². The number of halogens is 1. The minimum atomic E-state index is -0.398. The van der Waals surface area contributed by atoms with E-state index in [4.69, 9.17) is 15.6 Å². The van der Waals surface area contributed by atoms with Gasteiger partial charge >= 0.3 is 0 Å². The van der Waals surface area contributed by atoms with E-state index in [9.17, 15) is 4.39 Å². The first-order valence-corrected chi connectivity index (χ1v) is 4.39. The molecule has 78 valence electrons. The molecule has 0 aromatic heterocycles. The second-order valence-electron chi connectivity index (χ2n) is 3.01. The van der Waals surface area contributed by atoms with Gasteiger partial charge in [-0.3, -0.25) is 0 Å². The Labute approximate surface area is 82.3 Å². The Morgan fingerprint density at radius 3 is 2.86 bits per heavy atom. The molecule has 0 radical (unpaired) electrons. The number of ether oxygens (including phenoxy) is 1. The third-order valence-electron chi connectivity index (χ3n) is 2.03. The van der Waals surface area contributed by atoms with Crippen LogP contribution in [-0.2, 0) is 0 Å². The Morgan fingerprint density at radius 1 is 1.57 bits per heavy atom. The van der Waals surface area contributed by atoms with Crippen LogP contribution in [0.4, 0.5) is 4.39 Å². The fourth-order valence-corrected chi connectivity index (χ4v) is 1.29. The van der Waals surface area contributed by atoms with Gasteiger partial charge < -0.3 is 15.6 Å². The highest BCUT2D eigenvalue weighted by atomic mass is 19.1. The summed E-state index contributed by atoms with van der Waals surface area (Å²) in [6, 6.07) is 3.78. The van der Waals surface area contributed by atoms with E-state index >= 15 is 0 Å². The summed E-state index contributed by atoms with van der Waals surface area (Å²) in [4.78, 5) is 0. The average Bonchev–Trinajstić information content (AvgIpc) is 2.18. The first-order valence-electron chi connectivity index (χ1n) is 4.39. The molecule has 0 aliphatic rings. The molecule has 14 heavy (non-hydrogen) atoms. The van der Waals surface area contributed by atoms with Crippen molar-refractivity contribution >= 4 is 0 Å². The van der Waals surface area contributed by atoms with Crippen molar-refractivity contribution in [3.8, 4) is 5.75 Å². The van der Waals surface area contributed by atoms with Gasteiger partial charge in [-0.25, -0.2) is 4.39 Å². The van der Waals surface area contributed by atoms with Gasteiger partial charge in [-0.1, -0.05) is 0 Å². The van der Waals surface area contributed by atoms with E-state index in [0.717, 1.165) is 0 Å². The van der Waals surface area contributed by atoms with E-state index in [1.807, 2.05) is 0 Å². The third kappa shape index (κ3) is 2.43. The molecule has 0 spiro atoms. The second kappa shape index (κ2) is 4.93. The van der Waals surface area contributed by atoms with Crippen LogP contribution >= 0.6 is 0 Å². The summed E-state index contributed by atoms with van der Waals surface area (Å²) in [7, 11) is 1.50. The van der Waals surface area contributed by atoms with Gasteiger partial charge in [-0.15, -0.1) is 0 Å². The van der Waals surface area contributed by atoms with Gasteiger partial charge in [0, 0.05) is 18.2 Å². The van der Waals surface area contributed by atoms with Gasteiger partial charge in [-0.05, 0) is 24.6 Å². The molecule has 0 unspecified atom stereocenters. The highest BCUT2D eigenvalue weighted by molar-refractivity contribution is 5.36.